The van der Waals surface area contributed by atoms with Gasteiger partial charge in [-0.1, -0.05) is 19.9 Å². The van der Waals surface area contributed by atoms with Gasteiger partial charge < -0.3 is 10.1 Å². The number of hydrogen-bond donors (Lipinski definition) is 1. The second-order valence-corrected chi connectivity index (χ2v) is 3.64. The predicted octanol–water partition coefficient (Wildman–Crippen LogP) is 2.21. The Bertz CT molecular complexity index is 113. The Balaban J connectivity index is 2.87. The summed E-state index contributed by atoms with van der Waals surface area (Å²) in [4.78, 5) is 0. The van der Waals surface area contributed by atoms with E-state index in [1.54, 1.807) is 0 Å². The Morgan fingerprint density at radius 1 is 1.38 bits per heavy atom. The molecular formula is C11H23NO. The lowest BCUT2D eigenvalue weighted by Gasteiger charge is -2.07. The molecule has 1 N–H and O–H groups in total. The van der Waals surface area contributed by atoms with E-state index in [4.69, 9.17) is 4.74 Å². The maximum absolute atomic E-state index is 5.37. The van der Waals surface area contributed by atoms with E-state index in [-0.39, 0.29) is 0 Å². The lowest BCUT2D eigenvalue weighted by Crippen LogP contribution is -2.21. The molecule has 0 aromatic rings. The SMILES string of the molecule is C=CCCOCCCNCC(C)C. The predicted molar refractivity (Wildman–Crippen MR) is 58.0 cm³/mol. The van der Waals surface area contributed by atoms with Gasteiger partial charge in [-0.15, -0.1) is 6.58 Å². The fourth-order valence-electron chi connectivity index (χ4n) is 0.959. The van der Waals surface area contributed by atoms with Crippen molar-refractivity contribution in [2.75, 3.05) is 26.3 Å². The van der Waals surface area contributed by atoms with Crippen LogP contribution in [0.2, 0.25) is 0 Å². The molecule has 0 saturated heterocycles. The number of rotatable bonds is 9. The first-order valence-electron chi connectivity index (χ1n) is 5.16. The molecule has 0 fully saturated rings. The van der Waals surface area contributed by atoms with Crippen LogP contribution in [0.3, 0.4) is 0 Å². The van der Waals surface area contributed by atoms with E-state index in [0.29, 0.717) is 0 Å². The highest BCUT2D eigenvalue weighted by molar-refractivity contribution is 4.64. The second-order valence-electron chi connectivity index (χ2n) is 3.64. The Hall–Kier alpha value is -0.340. The van der Waals surface area contributed by atoms with Crippen LogP contribution in [-0.2, 0) is 4.74 Å². The number of ether oxygens (including phenoxy) is 1. The van der Waals surface area contributed by atoms with Crippen LogP contribution in [0.1, 0.15) is 26.7 Å². The summed E-state index contributed by atoms with van der Waals surface area (Å²) >= 11 is 0. The lowest BCUT2D eigenvalue weighted by molar-refractivity contribution is 0.136. The molecule has 0 aliphatic carbocycles. The fraction of sp³-hybridized carbons (Fsp3) is 0.818. The molecule has 0 rings (SSSR count). The highest BCUT2D eigenvalue weighted by Crippen LogP contribution is 1.88. The average Bonchev–Trinajstić information content (AvgIpc) is 2.09. The van der Waals surface area contributed by atoms with Crippen molar-refractivity contribution in [3.63, 3.8) is 0 Å². The Labute approximate surface area is 82.4 Å². The minimum Gasteiger partial charge on any atom is -0.381 e. The van der Waals surface area contributed by atoms with Crippen molar-refractivity contribution in [2.45, 2.75) is 26.7 Å². The Morgan fingerprint density at radius 3 is 2.77 bits per heavy atom. The summed E-state index contributed by atoms with van der Waals surface area (Å²) in [6.45, 7) is 11.9. The Morgan fingerprint density at radius 2 is 2.15 bits per heavy atom. The van der Waals surface area contributed by atoms with Crippen molar-refractivity contribution in [1.82, 2.24) is 5.32 Å². The molecule has 78 valence electrons. The van der Waals surface area contributed by atoms with Crippen LogP contribution >= 0.6 is 0 Å². The summed E-state index contributed by atoms with van der Waals surface area (Å²) < 4.78 is 5.37. The summed E-state index contributed by atoms with van der Waals surface area (Å²) in [5.74, 6) is 0.738. The number of nitrogens with one attached hydrogen (secondary N) is 1. The largest absolute Gasteiger partial charge is 0.381 e. The number of hydrogen-bond acceptors (Lipinski definition) is 2. The van der Waals surface area contributed by atoms with Crippen LogP contribution < -0.4 is 5.32 Å². The summed E-state index contributed by atoms with van der Waals surface area (Å²) in [6, 6.07) is 0. The van der Waals surface area contributed by atoms with Gasteiger partial charge in [0.2, 0.25) is 0 Å². The van der Waals surface area contributed by atoms with Crippen LogP contribution in [0.15, 0.2) is 12.7 Å². The first kappa shape index (κ1) is 12.7. The van der Waals surface area contributed by atoms with Gasteiger partial charge in [-0.25, -0.2) is 0 Å². The van der Waals surface area contributed by atoms with Crippen molar-refractivity contribution < 1.29 is 4.74 Å². The molecule has 0 aliphatic heterocycles. The molecule has 2 nitrogen and oxygen atoms in total. The molecule has 0 heterocycles. The van der Waals surface area contributed by atoms with Gasteiger partial charge in [-0.05, 0) is 31.8 Å². The summed E-state index contributed by atoms with van der Waals surface area (Å²) in [5.41, 5.74) is 0. The smallest absolute Gasteiger partial charge is 0.0500 e. The molecule has 0 aromatic heterocycles. The first-order valence-corrected chi connectivity index (χ1v) is 5.16. The third-order valence-electron chi connectivity index (χ3n) is 1.66. The summed E-state index contributed by atoms with van der Waals surface area (Å²) in [5, 5.41) is 3.38. The average molecular weight is 185 g/mol. The molecule has 0 bridgehead atoms. The zero-order valence-electron chi connectivity index (χ0n) is 9.01. The lowest BCUT2D eigenvalue weighted by atomic mass is 10.2. The van der Waals surface area contributed by atoms with Crippen LogP contribution in [0.5, 0.6) is 0 Å². The van der Waals surface area contributed by atoms with Crippen LogP contribution in [0.25, 0.3) is 0 Å². The quantitative estimate of drug-likeness (QED) is 0.439. The normalized spacial score (nSPS) is 10.7. The summed E-state index contributed by atoms with van der Waals surface area (Å²) in [7, 11) is 0. The van der Waals surface area contributed by atoms with E-state index in [2.05, 4.69) is 25.7 Å². The monoisotopic (exact) mass is 185 g/mol. The molecule has 0 unspecified atom stereocenters. The van der Waals surface area contributed by atoms with Gasteiger partial charge >= 0.3 is 0 Å². The van der Waals surface area contributed by atoms with Crippen molar-refractivity contribution in [3.05, 3.63) is 12.7 Å². The van der Waals surface area contributed by atoms with Gasteiger partial charge in [0, 0.05) is 13.2 Å². The highest BCUT2D eigenvalue weighted by atomic mass is 16.5. The summed E-state index contributed by atoms with van der Waals surface area (Å²) in [6.07, 6.45) is 3.94. The highest BCUT2D eigenvalue weighted by Gasteiger charge is 1.92. The molecule has 0 atom stereocenters. The van der Waals surface area contributed by atoms with Crippen molar-refractivity contribution in [2.24, 2.45) is 5.92 Å². The van der Waals surface area contributed by atoms with Gasteiger partial charge in [0.05, 0.1) is 0 Å². The Kier molecular flexibility index (Phi) is 9.49. The third kappa shape index (κ3) is 11.7. The maximum Gasteiger partial charge on any atom is 0.0500 e. The topological polar surface area (TPSA) is 21.3 Å². The molecule has 0 spiro atoms. The van der Waals surface area contributed by atoms with E-state index in [1.165, 1.54) is 0 Å². The molecule has 0 radical (unpaired) electrons. The molecule has 2 heteroatoms. The minimum absolute atomic E-state index is 0.738. The second kappa shape index (κ2) is 9.75. The van der Waals surface area contributed by atoms with Crippen LogP contribution in [-0.4, -0.2) is 26.3 Å². The van der Waals surface area contributed by atoms with Gasteiger partial charge in [-0.2, -0.15) is 0 Å². The van der Waals surface area contributed by atoms with Crippen molar-refractivity contribution >= 4 is 0 Å². The third-order valence-corrected chi connectivity index (χ3v) is 1.66. The van der Waals surface area contributed by atoms with E-state index < -0.39 is 0 Å². The van der Waals surface area contributed by atoms with E-state index >= 15 is 0 Å². The molecular weight excluding hydrogens is 162 g/mol. The van der Waals surface area contributed by atoms with Gasteiger partial charge in [0.15, 0.2) is 0 Å². The standard InChI is InChI=1S/C11H23NO/c1-4-5-8-13-9-6-7-12-10-11(2)3/h4,11-12H,1,5-10H2,2-3H3. The van der Waals surface area contributed by atoms with Gasteiger partial charge in [-0.3, -0.25) is 0 Å². The van der Waals surface area contributed by atoms with Crippen molar-refractivity contribution in [3.8, 4) is 0 Å². The molecule has 0 aromatic carbocycles. The zero-order valence-corrected chi connectivity index (χ0v) is 9.01. The van der Waals surface area contributed by atoms with Crippen LogP contribution in [0.4, 0.5) is 0 Å². The zero-order chi connectivity index (χ0) is 9.94. The first-order chi connectivity index (χ1) is 6.27. The van der Waals surface area contributed by atoms with Crippen LogP contribution in [0, 0.1) is 5.92 Å². The molecule has 0 saturated carbocycles. The van der Waals surface area contributed by atoms with E-state index in [0.717, 1.165) is 45.1 Å². The van der Waals surface area contributed by atoms with E-state index in [9.17, 15) is 0 Å². The fourth-order valence-corrected chi connectivity index (χ4v) is 0.959. The van der Waals surface area contributed by atoms with E-state index in [1.807, 2.05) is 6.08 Å². The molecule has 13 heavy (non-hydrogen) atoms. The maximum atomic E-state index is 5.37. The van der Waals surface area contributed by atoms with Gasteiger partial charge in [0.1, 0.15) is 0 Å². The molecule has 0 aliphatic rings. The minimum atomic E-state index is 0.738. The molecule has 0 amide bonds. The van der Waals surface area contributed by atoms with Gasteiger partial charge in [0.25, 0.3) is 0 Å². The van der Waals surface area contributed by atoms with Crippen molar-refractivity contribution in [1.29, 1.82) is 0 Å².